The molecule has 0 amide bonds. The van der Waals surface area contributed by atoms with Crippen LogP contribution in [0.5, 0.6) is 0 Å². The Balaban J connectivity index is 1.88. The number of carbonyl (C=O) groups excluding carboxylic acids is 2. The molecule has 1 aliphatic carbocycles. The van der Waals surface area contributed by atoms with Crippen molar-refractivity contribution in [2.45, 2.75) is 55.9 Å². The Morgan fingerprint density at radius 1 is 1.25 bits per heavy atom. The van der Waals surface area contributed by atoms with E-state index in [9.17, 15) is 35.1 Å². The molecule has 9 atom stereocenters. The van der Waals surface area contributed by atoms with Crippen LogP contribution in [0, 0.1) is 11.8 Å². The Kier molecular flexibility index (Phi) is 5.79. The van der Waals surface area contributed by atoms with Crippen molar-refractivity contribution in [2.75, 3.05) is 13.7 Å². The van der Waals surface area contributed by atoms with Crippen LogP contribution in [-0.4, -0.2) is 93.6 Å². The highest BCUT2D eigenvalue weighted by atomic mass is 16.8. The molecular formula is C17H24O11. The first kappa shape index (κ1) is 21.1. The Morgan fingerprint density at radius 2 is 1.93 bits per heavy atom. The minimum atomic E-state index is -2.20. The van der Waals surface area contributed by atoms with Gasteiger partial charge in [0.2, 0.25) is 6.29 Å². The number of rotatable bonds is 4. The first-order valence-electron chi connectivity index (χ1n) is 8.82. The summed E-state index contributed by atoms with van der Waals surface area (Å²) in [4.78, 5) is 24.5. The summed E-state index contributed by atoms with van der Waals surface area (Å²) in [5.74, 6) is -3.01. The molecule has 0 bridgehead atoms. The van der Waals surface area contributed by atoms with Gasteiger partial charge in [0.05, 0.1) is 19.6 Å². The summed E-state index contributed by atoms with van der Waals surface area (Å²) in [6.45, 7) is 1.01. The Morgan fingerprint density at radius 3 is 2.54 bits per heavy atom. The smallest absolute Gasteiger partial charge is 0.340 e. The first-order valence-corrected chi connectivity index (χ1v) is 8.82. The second-order valence-electron chi connectivity index (χ2n) is 7.26. The predicted octanol–water partition coefficient (Wildman–Crippen LogP) is -2.83. The van der Waals surface area contributed by atoms with Gasteiger partial charge in [0, 0.05) is 6.42 Å². The number of aliphatic hydroxyl groups is 5. The maximum atomic E-state index is 12.5. The molecule has 5 N–H and O–H groups in total. The van der Waals surface area contributed by atoms with Crippen molar-refractivity contribution in [3.8, 4) is 0 Å². The summed E-state index contributed by atoms with van der Waals surface area (Å²) >= 11 is 0. The molecule has 0 aromatic heterocycles. The van der Waals surface area contributed by atoms with Crippen LogP contribution in [0.1, 0.15) is 13.3 Å². The normalized spacial score (nSPS) is 45.8. The second-order valence-corrected chi connectivity index (χ2v) is 7.26. The zero-order valence-corrected chi connectivity index (χ0v) is 15.3. The highest BCUT2D eigenvalue weighted by Gasteiger charge is 2.63. The van der Waals surface area contributed by atoms with Gasteiger partial charge in [-0.25, -0.2) is 4.79 Å². The lowest BCUT2D eigenvalue weighted by Gasteiger charge is -2.44. The van der Waals surface area contributed by atoms with Crippen molar-refractivity contribution < 1.29 is 54.1 Å². The van der Waals surface area contributed by atoms with Crippen LogP contribution >= 0.6 is 0 Å². The summed E-state index contributed by atoms with van der Waals surface area (Å²) in [5.41, 5.74) is -2.56. The molecule has 1 saturated heterocycles. The molecule has 11 nitrogen and oxygen atoms in total. The third-order valence-corrected chi connectivity index (χ3v) is 5.57. The van der Waals surface area contributed by atoms with Gasteiger partial charge in [-0.2, -0.15) is 0 Å². The molecule has 3 aliphatic rings. The summed E-state index contributed by atoms with van der Waals surface area (Å²) in [6.07, 6.45) is -8.14. The zero-order valence-electron chi connectivity index (χ0n) is 15.3. The number of hydrogen-bond donors (Lipinski definition) is 5. The van der Waals surface area contributed by atoms with E-state index in [1.54, 1.807) is 6.92 Å². The minimum Gasteiger partial charge on any atom is -0.471 e. The molecule has 3 rings (SSSR count). The maximum Gasteiger partial charge on any atom is 0.340 e. The van der Waals surface area contributed by atoms with E-state index in [0.717, 1.165) is 13.4 Å². The standard InChI is InChI=1S/C17H24O11/c1-6-3-9(19)17(24)7(14(23)25-2)5-26-15(10(6)17)28-16-13(22)12(21)11(20)8(4-18)27-16/h5-6,8,10-13,15-16,18,20-22,24H,3-4H2,1-2H3/t6?,8?,10-,11?,12?,13?,15?,16?,17+/m0/s1. The molecular weight excluding hydrogens is 380 g/mol. The number of fused-ring (bicyclic) bond motifs is 1. The fourth-order valence-electron chi connectivity index (χ4n) is 4.02. The lowest BCUT2D eigenvalue weighted by atomic mass is 9.79. The largest absolute Gasteiger partial charge is 0.471 e. The number of methoxy groups -OCH3 is 1. The molecule has 2 aliphatic heterocycles. The number of esters is 1. The van der Waals surface area contributed by atoms with Crippen LogP contribution in [0.25, 0.3) is 0 Å². The number of Topliss-reactive ketones (excluding diaryl/α,β-unsaturated/α-hetero) is 1. The molecule has 28 heavy (non-hydrogen) atoms. The van der Waals surface area contributed by atoms with Gasteiger partial charge in [-0.3, -0.25) is 4.79 Å². The quantitative estimate of drug-likeness (QED) is 0.306. The molecule has 11 heteroatoms. The van der Waals surface area contributed by atoms with E-state index >= 15 is 0 Å². The van der Waals surface area contributed by atoms with Gasteiger partial charge in [-0.05, 0) is 5.92 Å². The number of aliphatic hydroxyl groups excluding tert-OH is 4. The molecule has 1 saturated carbocycles. The first-order chi connectivity index (χ1) is 13.2. The summed E-state index contributed by atoms with van der Waals surface area (Å²) in [7, 11) is 1.10. The molecule has 2 fully saturated rings. The highest BCUT2D eigenvalue weighted by Crippen LogP contribution is 2.48. The number of ketones is 1. The van der Waals surface area contributed by atoms with E-state index in [0.29, 0.717) is 0 Å². The maximum absolute atomic E-state index is 12.5. The van der Waals surface area contributed by atoms with E-state index in [1.165, 1.54) is 0 Å². The van der Waals surface area contributed by atoms with Crippen molar-refractivity contribution in [3.05, 3.63) is 11.8 Å². The molecule has 7 unspecified atom stereocenters. The van der Waals surface area contributed by atoms with Crippen molar-refractivity contribution in [1.29, 1.82) is 0 Å². The van der Waals surface area contributed by atoms with E-state index < -0.39 is 72.8 Å². The third-order valence-electron chi connectivity index (χ3n) is 5.57. The lowest BCUT2D eigenvalue weighted by Crippen LogP contribution is -2.61. The van der Waals surface area contributed by atoms with Gasteiger partial charge in [-0.1, -0.05) is 6.92 Å². The van der Waals surface area contributed by atoms with E-state index in [1.807, 2.05) is 0 Å². The number of carbonyl (C=O) groups is 2. The molecule has 0 spiro atoms. The minimum absolute atomic E-state index is 0.0482. The van der Waals surface area contributed by atoms with Crippen molar-refractivity contribution in [3.63, 3.8) is 0 Å². The van der Waals surface area contributed by atoms with Gasteiger partial charge in [0.15, 0.2) is 17.7 Å². The Hall–Kier alpha value is -1.60. The van der Waals surface area contributed by atoms with Crippen LogP contribution in [-0.2, 0) is 28.5 Å². The van der Waals surface area contributed by atoms with E-state index in [4.69, 9.17) is 14.2 Å². The van der Waals surface area contributed by atoms with Gasteiger partial charge in [0.1, 0.15) is 36.3 Å². The monoisotopic (exact) mass is 404 g/mol. The Bertz CT molecular complexity index is 661. The molecule has 0 radical (unpaired) electrons. The third kappa shape index (κ3) is 3.12. The summed E-state index contributed by atoms with van der Waals surface area (Å²) in [5, 5.41) is 50.2. The van der Waals surface area contributed by atoms with Crippen LogP contribution in [0.2, 0.25) is 0 Å². The highest BCUT2D eigenvalue weighted by molar-refractivity contribution is 6.04. The molecule has 2 heterocycles. The summed E-state index contributed by atoms with van der Waals surface area (Å²) in [6, 6.07) is 0. The fourth-order valence-corrected chi connectivity index (χ4v) is 4.02. The van der Waals surface area contributed by atoms with Crippen LogP contribution < -0.4 is 0 Å². The van der Waals surface area contributed by atoms with E-state index in [2.05, 4.69) is 4.74 Å². The zero-order chi connectivity index (χ0) is 20.8. The lowest BCUT2D eigenvalue weighted by molar-refractivity contribution is -0.346. The summed E-state index contributed by atoms with van der Waals surface area (Å²) < 4.78 is 20.9. The van der Waals surface area contributed by atoms with Crippen molar-refractivity contribution in [2.24, 2.45) is 11.8 Å². The van der Waals surface area contributed by atoms with Gasteiger partial charge < -0.3 is 44.5 Å². The van der Waals surface area contributed by atoms with Crippen LogP contribution in [0.4, 0.5) is 0 Å². The van der Waals surface area contributed by atoms with E-state index in [-0.39, 0.29) is 12.0 Å². The SMILES string of the molecule is COC(=O)C1=COC(OC2OC(CO)C(O)C(O)C2O)[C@@H]2C(C)CC(=O)[C@]12O. The average Bonchev–Trinajstić information content (AvgIpc) is 2.91. The van der Waals surface area contributed by atoms with Gasteiger partial charge >= 0.3 is 5.97 Å². The Labute approximate surface area is 160 Å². The van der Waals surface area contributed by atoms with Crippen LogP contribution in [0.15, 0.2) is 11.8 Å². The number of hydrogen-bond acceptors (Lipinski definition) is 11. The van der Waals surface area contributed by atoms with Gasteiger partial charge in [-0.15, -0.1) is 0 Å². The topological polar surface area (TPSA) is 172 Å². The molecule has 0 aromatic carbocycles. The fraction of sp³-hybridized carbons (Fsp3) is 0.765. The number of ether oxygens (including phenoxy) is 4. The molecule has 0 aromatic rings. The van der Waals surface area contributed by atoms with Gasteiger partial charge in [0.25, 0.3) is 0 Å². The second kappa shape index (κ2) is 7.67. The van der Waals surface area contributed by atoms with Crippen molar-refractivity contribution >= 4 is 11.8 Å². The van der Waals surface area contributed by atoms with Crippen LogP contribution in [0.3, 0.4) is 0 Å². The molecule has 158 valence electrons. The van der Waals surface area contributed by atoms with Crippen molar-refractivity contribution in [1.82, 2.24) is 0 Å². The average molecular weight is 404 g/mol. The predicted molar refractivity (Wildman–Crippen MR) is 87.1 cm³/mol.